The van der Waals surface area contributed by atoms with E-state index in [9.17, 15) is 4.79 Å². The van der Waals surface area contributed by atoms with Gasteiger partial charge in [-0.25, -0.2) is 0 Å². The molecule has 1 saturated heterocycles. The molecular formula is C14H17N3OS2. The summed E-state index contributed by atoms with van der Waals surface area (Å²) < 4.78 is 0. The van der Waals surface area contributed by atoms with E-state index in [2.05, 4.69) is 27.7 Å². The van der Waals surface area contributed by atoms with Gasteiger partial charge in [-0.2, -0.15) is 5.10 Å². The van der Waals surface area contributed by atoms with Gasteiger partial charge in [0.05, 0.1) is 5.25 Å². The first-order chi connectivity index (χ1) is 9.66. The fourth-order valence-corrected chi connectivity index (χ4v) is 3.26. The van der Waals surface area contributed by atoms with Gasteiger partial charge in [-0.1, -0.05) is 43.8 Å². The summed E-state index contributed by atoms with van der Waals surface area (Å²) in [5.74, 6) is 1.08. The average Bonchev–Trinajstić information content (AvgIpc) is 2.81. The zero-order valence-corrected chi connectivity index (χ0v) is 13.1. The van der Waals surface area contributed by atoms with Crippen molar-refractivity contribution in [3.63, 3.8) is 0 Å². The zero-order chi connectivity index (χ0) is 14.4. The molecule has 0 spiro atoms. The number of carbonyl (C=O) groups excluding carboxylic acids is 1. The highest BCUT2D eigenvalue weighted by Crippen LogP contribution is 2.25. The monoisotopic (exact) mass is 307 g/mol. The summed E-state index contributed by atoms with van der Waals surface area (Å²) in [4.78, 5) is 12.8. The van der Waals surface area contributed by atoms with Crippen molar-refractivity contribution in [1.82, 2.24) is 5.32 Å². The van der Waals surface area contributed by atoms with E-state index >= 15 is 0 Å². The van der Waals surface area contributed by atoms with Crippen LogP contribution in [-0.4, -0.2) is 28.3 Å². The van der Waals surface area contributed by atoms with Crippen LogP contribution in [0.4, 0.5) is 0 Å². The number of nitrogens with one attached hydrogen (secondary N) is 1. The Bertz CT molecular complexity index is 514. The number of thioether (sulfide) groups is 2. The number of carbonyl (C=O) groups is 1. The molecule has 106 valence electrons. The SMILES string of the molecule is CC(C)C1S/C(=N/N=C/CSc2ccccc2)NC1=O. The number of hydrogen-bond donors (Lipinski definition) is 1. The molecule has 4 nitrogen and oxygen atoms in total. The van der Waals surface area contributed by atoms with Crippen molar-refractivity contribution in [2.75, 3.05) is 5.75 Å². The summed E-state index contributed by atoms with van der Waals surface area (Å²) in [6.07, 6.45) is 1.75. The lowest BCUT2D eigenvalue weighted by molar-refractivity contribution is -0.119. The van der Waals surface area contributed by atoms with Crippen molar-refractivity contribution in [1.29, 1.82) is 0 Å². The average molecular weight is 307 g/mol. The Labute approximate surface area is 127 Å². The number of amidine groups is 1. The van der Waals surface area contributed by atoms with Gasteiger partial charge in [-0.15, -0.1) is 16.9 Å². The van der Waals surface area contributed by atoms with Crippen LogP contribution in [0.2, 0.25) is 0 Å². The molecule has 6 heteroatoms. The first kappa shape index (κ1) is 15.1. The smallest absolute Gasteiger partial charge is 0.239 e. The summed E-state index contributed by atoms with van der Waals surface area (Å²) in [6, 6.07) is 10.1. The van der Waals surface area contributed by atoms with Gasteiger partial charge in [-0.05, 0) is 18.1 Å². The normalized spacial score (nSPS) is 21.1. The first-order valence-corrected chi connectivity index (χ1v) is 8.28. The van der Waals surface area contributed by atoms with Gasteiger partial charge in [0.25, 0.3) is 0 Å². The van der Waals surface area contributed by atoms with E-state index < -0.39 is 0 Å². The molecule has 0 aromatic heterocycles. The molecule has 0 radical (unpaired) electrons. The fourth-order valence-electron chi connectivity index (χ4n) is 1.64. The van der Waals surface area contributed by atoms with Crippen molar-refractivity contribution < 1.29 is 4.79 Å². The van der Waals surface area contributed by atoms with Gasteiger partial charge >= 0.3 is 0 Å². The van der Waals surface area contributed by atoms with Crippen LogP contribution in [0.25, 0.3) is 0 Å². The molecular weight excluding hydrogens is 290 g/mol. The van der Waals surface area contributed by atoms with Crippen molar-refractivity contribution in [2.24, 2.45) is 16.1 Å². The fraction of sp³-hybridized carbons (Fsp3) is 0.357. The van der Waals surface area contributed by atoms with Crippen molar-refractivity contribution >= 4 is 40.8 Å². The van der Waals surface area contributed by atoms with E-state index in [1.165, 1.54) is 16.7 Å². The predicted octanol–water partition coefficient (Wildman–Crippen LogP) is 3.01. The van der Waals surface area contributed by atoms with Crippen LogP contribution in [0, 0.1) is 5.92 Å². The molecule has 1 aromatic carbocycles. The lowest BCUT2D eigenvalue weighted by Crippen LogP contribution is -2.27. The number of nitrogens with zero attached hydrogens (tertiary/aromatic N) is 2. The molecule has 1 fully saturated rings. The minimum absolute atomic E-state index is 0.0256. The highest BCUT2D eigenvalue weighted by Gasteiger charge is 2.32. The van der Waals surface area contributed by atoms with Crippen LogP contribution in [0.3, 0.4) is 0 Å². The molecule has 1 N–H and O–H groups in total. The Balaban J connectivity index is 1.79. The van der Waals surface area contributed by atoms with Crippen LogP contribution in [0.5, 0.6) is 0 Å². The number of hydrogen-bond acceptors (Lipinski definition) is 5. The molecule has 0 saturated carbocycles. The van der Waals surface area contributed by atoms with Crippen molar-refractivity contribution in [3.8, 4) is 0 Å². The molecule has 1 unspecified atom stereocenters. The van der Waals surface area contributed by atoms with E-state index in [-0.39, 0.29) is 11.2 Å². The van der Waals surface area contributed by atoms with Crippen LogP contribution in [-0.2, 0) is 4.79 Å². The highest BCUT2D eigenvalue weighted by atomic mass is 32.2. The van der Waals surface area contributed by atoms with Crippen molar-refractivity contribution in [3.05, 3.63) is 30.3 Å². The van der Waals surface area contributed by atoms with E-state index in [0.29, 0.717) is 11.1 Å². The van der Waals surface area contributed by atoms with Crippen LogP contribution in [0.1, 0.15) is 13.8 Å². The Hall–Kier alpha value is -1.27. The maximum atomic E-state index is 11.6. The molecule has 1 heterocycles. The van der Waals surface area contributed by atoms with E-state index in [1.807, 2.05) is 32.0 Å². The number of rotatable bonds is 5. The molecule has 1 aromatic rings. The molecule has 0 aliphatic carbocycles. The lowest BCUT2D eigenvalue weighted by Gasteiger charge is -2.07. The summed E-state index contributed by atoms with van der Waals surface area (Å²) in [5, 5.41) is 11.3. The molecule has 20 heavy (non-hydrogen) atoms. The van der Waals surface area contributed by atoms with E-state index in [1.54, 1.807) is 18.0 Å². The third kappa shape index (κ3) is 4.38. The van der Waals surface area contributed by atoms with Crippen LogP contribution >= 0.6 is 23.5 Å². The van der Waals surface area contributed by atoms with Gasteiger partial charge in [0.15, 0.2) is 5.17 Å². The van der Waals surface area contributed by atoms with Gasteiger partial charge in [0, 0.05) is 16.9 Å². The summed E-state index contributed by atoms with van der Waals surface area (Å²) in [7, 11) is 0. The summed E-state index contributed by atoms with van der Waals surface area (Å²) >= 11 is 3.15. The number of benzene rings is 1. The molecule has 1 atom stereocenters. The quantitative estimate of drug-likeness (QED) is 0.517. The largest absolute Gasteiger partial charge is 0.303 e. The molecule has 0 bridgehead atoms. The standard InChI is InChI=1S/C14H17N3OS2/c1-10(2)12-13(18)16-14(20-12)17-15-8-9-19-11-6-4-3-5-7-11/h3-8,10,12H,9H2,1-2H3,(H,16,17,18)/b15-8+. The van der Waals surface area contributed by atoms with Crippen molar-refractivity contribution in [2.45, 2.75) is 24.0 Å². The molecule has 1 aliphatic rings. The minimum Gasteiger partial charge on any atom is -0.303 e. The Kier molecular flexibility index (Phi) is 5.67. The second-order valence-corrected chi connectivity index (χ2v) is 6.82. The second-order valence-electron chi connectivity index (χ2n) is 4.60. The maximum absolute atomic E-state index is 11.6. The van der Waals surface area contributed by atoms with Crippen LogP contribution in [0.15, 0.2) is 45.4 Å². The van der Waals surface area contributed by atoms with E-state index in [4.69, 9.17) is 0 Å². The van der Waals surface area contributed by atoms with Gasteiger partial charge in [0.2, 0.25) is 5.91 Å². The lowest BCUT2D eigenvalue weighted by atomic mass is 10.1. The minimum atomic E-state index is -0.0531. The summed E-state index contributed by atoms with van der Waals surface area (Å²) in [6.45, 7) is 4.06. The third-order valence-corrected chi connectivity index (χ3v) is 4.97. The Morgan fingerprint density at radius 1 is 1.40 bits per heavy atom. The number of amides is 1. The molecule has 2 rings (SSSR count). The van der Waals surface area contributed by atoms with Gasteiger partial charge in [-0.3, -0.25) is 4.79 Å². The van der Waals surface area contributed by atoms with Gasteiger partial charge < -0.3 is 5.32 Å². The Morgan fingerprint density at radius 3 is 2.80 bits per heavy atom. The Morgan fingerprint density at radius 2 is 2.15 bits per heavy atom. The highest BCUT2D eigenvalue weighted by molar-refractivity contribution is 8.15. The predicted molar refractivity (Wildman–Crippen MR) is 87.5 cm³/mol. The zero-order valence-electron chi connectivity index (χ0n) is 11.4. The molecule has 1 aliphatic heterocycles. The topological polar surface area (TPSA) is 53.8 Å². The van der Waals surface area contributed by atoms with Crippen LogP contribution < -0.4 is 5.32 Å². The van der Waals surface area contributed by atoms with Gasteiger partial charge in [0.1, 0.15) is 0 Å². The molecule has 1 amide bonds. The summed E-state index contributed by atoms with van der Waals surface area (Å²) in [5.41, 5.74) is 0. The second kappa shape index (κ2) is 7.50. The maximum Gasteiger partial charge on any atom is 0.239 e. The first-order valence-electron chi connectivity index (χ1n) is 6.41. The van der Waals surface area contributed by atoms with E-state index in [0.717, 1.165) is 5.75 Å². The third-order valence-electron chi connectivity index (χ3n) is 2.63.